The van der Waals surface area contributed by atoms with Crippen LogP contribution in [0.4, 0.5) is 0 Å². The largest absolute Gasteiger partial charge is 0.469 e. The van der Waals surface area contributed by atoms with Crippen LogP contribution in [0.2, 0.25) is 0 Å². The Labute approximate surface area is 148 Å². The van der Waals surface area contributed by atoms with Gasteiger partial charge in [0.25, 0.3) is 0 Å². The molecule has 2 rings (SSSR count). The second kappa shape index (κ2) is 8.45. The van der Waals surface area contributed by atoms with E-state index < -0.39 is 11.6 Å². The number of carbonyl (C=O) groups is 2. The van der Waals surface area contributed by atoms with Crippen LogP contribution < -0.4 is 0 Å². The summed E-state index contributed by atoms with van der Waals surface area (Å²) < 4.78 is 21.3. The molecule has 6 nitrogen and oxygen atoms in total. The number of ether oxygens (including phenoxy) is 4. The first-order valence-corrected chi connectivity index (χ1v) is 8.34. The molecule has 1 aliphatic rings. The lowest BCUT2D eigenvalue weighted by Crippen LogP contribution is -2.40. The zero-order valence-corrected chi connectivity index (χ0v) is 15.1. The first-order valence-electron chi connectivity index (χ1n) is 8.34. The number of esters is 2. The Morgan fingerprint density at radius 2 is 1.88 bits per heavy atom. The molecule has 0 spiro atoms. The number of benzene rings is 1. The van der Waals surface area contributed by atoms with E-state index in [-0.39, 0.29) is 24.2 Å². The molecular weight excluding hydrogens is 324 g/mol. The van der Waals surface area contributed by atoms with Gasteiger partial charge in [-0.25, -0.2) is 4.79 Å². The van der Waals surface area contributed by atoms with Gasteiger partial charge in [0.1, 0.15) is 0 Å². The van der Waals surface area contributed by atoms with Crippen molar-refractivity contribution < 1.29 is 28.5 Å². The first kappa shape index (κ1) is 19.4. The Balaban J connectivity index is 1.95. The van der Waals surface area contributed by atoms with Crippen LogP contribution in [0.3, 0.4) is 0 Å². The van der Waals surface area contributed by atoms with Crippen molar-refractivity contribution in [1.82, 2.24) is 0 Å². The van der Waals surface area contributed by atoms with Crippen molar-refractivity contribution in [1.29, 1.82) is 0 Å². The zero-order valence-electron chi connectivity index (χ0n) is 15.1. The Bertz CT molecular complexity index is 587. The van der Waals surface area contributed by atoms with Gasteiger partial charge < -0.3 is 18.9 Å². The fourth-order valence-electron chi connectivity index (χ4n) is 3.17. The molecule has 0 saturated carbocycles. The van der Waals surface area contributed by atoms with Gasteiger partial charge in [-0.1, -0.05) is 37.3 Å². The van der Waals surface area contributed by atoms with Gasteiger partial charge in [-0.15, -0.1) is 0 Å². The molecule has 0 aromatic heterocycles. The van der Waals surface area contributed by atoms with E-state index >= 15 is 0 Å². The predicted octanol–water partition coefficient (Wildman–Crippen LogP) is 2.49. The molecule has 1 fully saturated rings. The van der Waals surface area contributed by atoms with Crippen molar-refractivity contribution in [3.8, 4) is 0 Å². The molecule has 0 amide bonds. The van der Waals surface area contributed by atoms with Crippen LogP contribution in [0, 0.1) is 5.41 Å². The molecule has 1 aromatic rings. The summed E-state index contributed by atoms with van der Waals surface area (Å²) in [4.78, 5) is 23.7. The predicted molar refractivity (Wildman–Crippen MR) is 90.8 cm³/mol. The van der Waals surface area contributed by atoms with Gasteiger partial charge in [0, 0.05) is 11.8 Å². The van der Waals surface area contributed by atoms with Crippen LogP contribution >= 0.6 is 0 Å². The Morgan fingerprint density at radius 3 is 2.52 bits per heavy atom. The Hall–Kier alpha value is -1.92. The van der Waals surface area contributed by atoms with Crippen molar-refractivity contribution >= 4 is 11.9 Å². The van der Waals surface area contributed by atoms with Crippen LogP contribution in [0.1, 0.15) is 31.7 Å². The van der Waals surface area contributed by atoms with E-state index in [1.54, 1.807) is 0 Å². The van der Waals surface area contributed by atoms with Gasteiger partial charge in [-0.05, 0) is 18.4 Å². The van der Waals surface area contributed by atoms with Gasteiger partial charge in [0.05, 0.1) is 34.0 Å². The number of hydrogen-bond acceptors (Lipinski definition) is 6. The lowest BCUT2D eigenvalue weighted by atomic mass is 9.81. The highest BCUT2D eigenvalue weighted by molar-refractivity contribution is 5.81. The van der Waals surface area contributed by atoms with Crippen LogP contribution in [-0.4, -0.2) is 45.0 Å². The van der Waals surface area contributed by atoms with Gasteiger partial charge >= 0.3 is 11.9 Å². The number of hydrogen-bond donors (Lipinski definition) is 0. The topological polar surface area (TPSA) is 71.1 Å². The summed E-state index contributed by atoms with van der Waals surface area (Å²) in [5, 5.41) is 0. The third-order valence-corrected chi connectivity index (χ3v) is 4.49. The maximum absolute atomic E-state index is 12.3. The van der Waals surface area contributed by atoms with Gasteiger partial charge in [0.2, 0.25) is 0 Å². The Morgan fingerprint density at radius 1 is 1.16 bits per heavy atom. The van der Waals surface area contributed by atoms with E-state index in [4.69, 9.17) is 14.2 Å². The molecule has 1 aromatic carbocycles. The van der Waals surface area contributed by atoms with Crippen LogP contribution in [0.25, 0.3) is 0 Å². The Kier molecular flexibility index (Phi) is 6.56. The second-order valence-electron chi connectivity index (χ2n) is 6.82. The molecule has 2 atom stereocenters. The number of carbonyl (C=O) groups excluding carboxylic acids is 2. The highest BCUT2D eigenvalue weighted by atomic mass is 16.6. The third-order valence-electron chi connectivity index (χ3n) is 4.49. The van der Waals surface area contributed by atoms with Gasteiger partial charge in [0.15, 0.2) is 5.60 Å². The quantitative estimate of drug-likeness (QED) is 0.671. The summed E-state index contributed by atoms with van der Waals surface area (Å²) in [6.07, 6.45) is 0.783. The second-order valence-corrected chi connectivity index (χ2v) is 6.82. The highest BCUT2D eigenvalue weighted by Crippen LogP contribution is 2.43. The van der Waals surface area contributed by atoms with Crippen molar-refractivity contribution in [2.45, 2.75) is 38.4 Å². The van der Waals surface area contributed by atoms with E-state index in [1.807, 2.05) is 37.3 Å². The third kappa shape index (κ3) is 5.03. The van der Waals surface area contributed by atoms with E-state index in [0.717, 1.165) is 5.56 Å². The number of methoxy groups -OCH3 is 2. The summed E-state index contributed by atoms with van der Waals surface area (Å²) >= 11 is 0. The summed E-state index contributed by atoms with van der Waals surface area (Å²) in [5.74, 6) is -0.830. The van der Waals surface area contributed by atoms with E-state index in [0.29, 0.717) is 26.2 Å². The minimum absolute atomic E-state index is 0.104. The van der Waals surface area contributed by atoms with Crippen molar-refractivity contribution in [2.75, 3.05) is 27.4 Å². The standard InChI is InChI=1S/C19H26O6/c1-18(13-24-11-15-7-5-4-6-8-15)12-19(25-14-18,17(21)23-3)10-9-16(20)22-2/h4-8H,9-14H2,1-3H3. The molecule has 1 saturated heterocycles. The first-order chi connectivity index (χ1) is 11.9. The summed E-state index contributed by atoms with van der Waals surface area (Å²) in [5.41, 5.74) is -0.345. The van der Waals surface area contributed by atoms with Crippen molar-refractivity contribution in [3.63, 3.8) is 0 Å². The van der Waals surface area contributed by atoms with E-state index in [1.165, 1.54) is 14.2 Å². The van der Waals surface area contributed by atoms with Gasteiger partial charge in [-0.2, -0.15) is 0 Å². The minimum atomic E-state index is -1.12. The van der Waals surface area contributed by atoms with Crippen LogP contribution in [-0.2, 0) is 35.1 Å². The normalized spacial score (nSPS) is 25.6. The fraction of sp³-hybridized carbons (Fsp3) is 0.579. The molecule has 0 radical (unpaired) electrons. The minimum Gasteiger partial charge on any atom is -0.469 e. The fourth-order valence-corrected chi connectivity index (χ4v) is 3.17. The molecule has 2 unspecified atom stereocenters. The maximum Gasteiger partial charge on any atom is 0.338 e. The van der Waals surface area contributed by atoms with Crippen molar-refractivity contribution in [2.24, 2.45) is 5.41 Å². The maximum atomic E-state index is 12.3. The molecule has 6 heteroatoms. The van der Waals surface area contributed by atoms with Crippen LogP contribution in [0.15, 0.2) is 30.3 Å². The molecule has 0 bridgehead atoms. The van der Waals surface area contributed by atoms with Crippen molar-refractivity contribution in [3.05, 3.63) is 35.9 Å². The average molecular weight is 350 g/mol. The van der Waals surface area contributed by atoms with E-state index in [9.17, 15) is 9.59 Å². The molecule has 1 heterocycles. The lowest BCUT2D eigenvalue weighted by molar-refractivity contribution is -0.165. The number of rotatable bonds is 8. The summed E-state index contributed by atoms with van der Waals surface area (Å²) in [6.45, 7) is 3.35. The highest BCUT2D eigenvalue weighted by Gasteiger charge is 2.52. The molecule has 0 N–H and O–H groups in total. The van der Waals surface area contributed by atoms with Crippen LogP contribution in [0.5, 0.6) is 0 Å². The lowest BCUT2D eigenvalue weighted by Gasteiger charge is -2.27. The molecule has 138 valence electrons. The zero-order chi connectivity index (χ0) is 18.3. The van der Waals surface area contributed by atoms with Gasteiger partial charge in [-0.3, -0.25) is 4.79 Å². The molecular formula is C19H26O6. The summed E-state index contributed by atoms with van der Waals surface area (Å²) in [7, 11) is 2.65. The molecule has 0 aliphatic carbocycles. The molecule has 25 heavy (non-hydrogen) atoms. The van der Waals surface area contributed by atoms with E-state index in [2.05, 4.69) is 4.74 Å². The monoisotopic (exact) mass is 350 g/mol. The smallest absolute Gasteiger partial charge is 0.338 e. The molecule has 1 aliphatic heterocycles. The SMILES string of the molecule is COC(=O)CCC1(C(=O)OC)CC(C)(COCc2ccccc2)CO1. The summed E-state index contributed by atoms with van der Waals surface area (Å²) in [6, 6.07) is 9.90. The average Bonchev–Trinajstić information content (AvgIpc) is 2.98.